The number of carbonyl (C=O) groups excluding carboxylic acids is 2. The van der Waals surface area contributed by atoms with Gasteiger partial charge in [0.25, 0.3) is 5.91 Å². The number of amides is 2. The van der Waals surface area contributed by atoms with Gasteiger partial charge in [0.1, 0.15) is 0 Å². The molecule has 0 unspecified atom stereocenters. The number of rotatable bonds is 5. The quantitative estimate of drug-likeness (QED) is 0.531. The van der Waals surface area contributed by atoms with Crippen LogP contribution in [0.1, 0.15) is 16.7 Å². The van der Waals surface area contributed by atoms with Crippen LogP contribution in [-0.4, -0.2) is 60.2 Å². The Morgan fingerprint density at radius 3 is 2.22 bits per heavy atom. The lowest BCUT2D eigenvalue weighted by atomic mass is 10.0. The van der Waals surface area contributed by atoms with Gasteiger partial charge in [-0.15, -0.1) is 11.8 Å². The minimum atomic E-state index is -1.04. The molecule has 0 radical (unpaired) electrons. The van der Waals surface area contributed by atoms with Crippen molar-refractivity contribution in [1.29, 1.82) is 0 Å². The Morgan fingerprint density at radius 2 is 1.47 bits per heavy atom. The van der Waals surface area contributed by atoms with Gasteiger partial charge >= 0.3 is 0 Å². The summed E-state index contributed by atoms with van der Waals surface area (Å²) in [4.78, 5) is 34.8. The molecule has 1 atom stereocenters. The summed E-state index contributed by atoms with van der Waals surface area (Å²) in [7, 11) is 0. The fraction of sp³-hybridized carbons (Fsp3) is 0.310. The van der Waals surface area contributed by atoms with Gasteiger partial charge in [-0.05, 0) is 30.7 Å². The summed E-state index contributed by atoms with van der Waals surface area (Å²) in [5.41, 5.74) is 5.05. The Balaban J connectivity index is 1.24. The second kappa shape index (κ2) is 9.39. The average Bonchev–Trinajstić information content (AvgIpc) is 3.37. The molecule has 2 amide bonds. The first-order valence-corrected chi connectivity index (χ1v) is 13.5. The molecule has 0 bridgehead atoms. The highest BCUT2D eigenvalue weighted by Crippen LogP contribution is 2.55. The Hall–Kier alpha value is -3.13. The highest BCUT2D eigenvalue weighted by atomic mass is 32.2. The Labute approximate surface area is 216 Å². The van der Waals surface area contributed by atoms with Gasteiger partial charge < -0.3 is 0 Å². The number of piperazine rings is 1. The zero-order chi connectivity index (χ0) is 24.7. The fourth-order valence-electron chi connectivity index (χ4n) is 5.52. The van der Waals surface area contributed by atoms with Crippen molar-refractivity contribution in [1.82, 2.24) is 9.80 Å². The van der Waals surface area contributed by atoms with E-state index in [2.05, 4.69) is 40.1 Å². The van der Waals surface area contributed by atoms with Crippen LogP contribution in [0.15, 0.2) is 78.9 Å². The summed E-state index contributed by atoms with van der Waals surface area (Å²) >= 11 is 1.44. The third kappa shape index (κ3) is 3.92. The molecular weight excluding hydrogens is 468 g/mol. The molecule has 36 heavy (non-hydrogen) atoms. The molecule has 1 spiro atoms. The van der Waals surface area contributed by atoms with E-state index in [0.29, 0.717) is 12.4 Å². The summed E-state index contributed by atoms with van der Waals surface area (Å²) in [5, 5.41) is 0. The zero-order valence-electron chi connectivity index (χ0n) is 20.5. The lowest BCUT2D eigenvalue weighted by Gasteiger charge is -2.37. The molecule has 0 aliphatic carbocycles. The van der Waals surface area contributed by atoms with E-state index in [4.69, 9.17) is 0 Å². The normalized spacial score (nSPS) is 22.6. The van der Waals surface area contributed by atoms with E-state index in [1.54, 1.807) is 4.90 Å². The zero-order valence-corrected chi connectivity index (χ0v) is 21.3. The second-order valence-corrected chi connectivity index (χ2v) is 10.9. The Kier molecular flexibility index (Phi) is 6.07. The highest BCUT2D eigenvalue weighted by molar-refractivity contribution is 8.02. The molecule has 3 aromatic rings. The predicted molar refractivity (Wildman–Crippen MR) is 145 cm³/mol. The van der Waals surface area contributed by atoms with Gasteiger partial charge in [0.2, 0.25) is 10.8 Å². The number of thioether (sulfide) groups is 1. The molecular formula is C29H30N4O2S. The van der Waals surface area contributed by atoms with Crippen LogP contribution in [0.2, 0.25) is 0 Å². The van der Waals surface area contributed by atoms with Crippen LogP contribution in [0.5, 0.6) is 0 Å². The number of anilines is 2. The summed E-state index contributed by atoms with van der Waals surface area (Å²) in [6.07, 6.45) is 0. The maximum absolute atomic E-state index is 14.2. The van der Waals surface area contributed by atoms with Crippen molar-refractivity contribution in [2.45, 2.75) is 18.3 Å². The van der Waals surface area contributed by atoms with Gasteiger partial charge in [0.05, 0.1) is 18.1 Å². The van der Waals surface area contributed by atoms with Gasteiger partial charge in [0, 0.05) is 44.0 Å². The molecule has 6 rings (SSSR count). The molecule has 3 aromatic carbocycles. The van der Waals surface area contributed by atoms with Gasteiger partial charge in [-0.25, -0.2) is 0 Å². The van der Waals surface area contributed by atoms with E-state index in [9.17, 15) is 9.59 Å². The van der Waals surface area contributed by atoms with Crippen LogP contribution < -0.4 is 9.80 Å². The van der Waals surface area contributed by atoms with Gasteiger partial charge in [0.15, 0.2) is 0 Å². The van der Waals surface area contributed by atoms with E-state index >= 15 is 0 Å². The van der Waals surface area contributed by atoms with Gasteiger partial charge in [-0.3, -0.25) is 29.2 Å². The van der Waals surface area contributed by atoms with Crippen LogP contribution in [0.25, 0.3) is 0 Å². The molecule has 7 heteroatoms. The van der Waals surface area contributed by atoms with Crippen molar-refractivity contribution >= 4 is 35.0 Å². The second-order valence-electron chi connectivity index (χ2n) is 9.77. The average molecular weight is 499 g/mol. The SMILES string of the molecule is Cc1ccc(N2C(=O)CS[C@]23C(=O)N(CN2CCN(Cc4ccccc4)CC2)c2ccccc23)cc1. The molecule has 184 valence electrons. The predicted octanol–water partition coefficient (Wildman–Crippen LogP) is 4.05. The first-order valence-electron chi connectivity index (χ1n) is 12.5. The minimum Gasteiger partial charge on any atom is -0.297 e. The lowest BCUT2D eigenvalue weighted by molar-refractivity contribution is -0.124. The first-order chi connectivity index (χ1) is 17.6. The van der Waals surface area contributed by atoms with Crippen LogP contribution in [-0.2, 0) is 21.0 Å². The van der Waals surface area contributed by atoms with E-state index in [1.165, 1.54) is 17.3 Å². The van der Waals surface area contributed by atoms with E-state index in [1.807, 2.05) is 60.4 Å². The van der Waals surface area contributed by atoms with Crippen LogP contribution >= 0.6 is 11.8 Å². The minimum absolute atomic E-state index is 0.0214. The Bertz CT molecular complexity index is 1270. The van der Waals surface area contributed by atoms with E-state index in [-0.39, 0.29) is 11.8 Å². The van der Waals surface area contributed by atoms with Crippen LogP contribution in [0.3, 0.4) is 0 Å². The van der Waals surface area contributed by atoms with Crippen molar-refractivity contribution in [2.75, 3.05) is 48.4 Å². The molecule has 0 aromatic heterocycles. The monoisotopic (exact) mass is 498 g/mol. The standard InChI is InChI=1S/C29H30N4O2S/c1-22-11-13-24(14-12-22)33-27(34)20-36-29(33)25-9-5-6-10-26(25)32(28(29)35)21-31-17-15-30(16-18-31)19-23-7-3-2-4-8-23/h2-14H,15-21H2,1H3/t29-/m1/s1. The lowest BCUT2D eigenvalue weighted by Crippen LogP contribution is -2.54. The number of carbonyl (C=O) groups is 2. The van der Waals surface area contributed by atoms with E-state index in [0.717, 1.165) is 55.2 Å². The van der Waals surface area contributed by atoms with Crippen molar-refractivity contribution < 1.29 is 9.59 Å². The summed E-state index contributed by atoms with van der Waals surface area (Å²) in [6, 6.07) is 26.4. The number of hydrogen-bond acceptors (Lipinski definition) is 5. The molecule has 3 aliphatic heterocycles. The third-order valence-corrected chi connectivity index (χ3v) is 8.80. The highest BCUT2D eigenvalue weighted by Gasteiger charge is 2.61. The third-order valence-electron chi connectivity index (χ3n) is 7.41. The van der Waals surface area contributed by atoms with Crippen molar-refractivity contribution in [3.8, 4) is 0 Å². The molecule has 6 nitrogen and oxygen atoms in total. The first kappa shape index (κ1) is 23.3. The number of hydrogen-bond donors (Lipinski definition) is 0. The van der Waals surface area contributed by atoms with Crippen LogP contribution in [0.4, 0.5) is 11.4 Å². The van der Waals surface area contributed by atoms with Crippen molar-refractivity contribution in [3.05, 3.63) is 95.6 Å². The number of benzene rings is 3. The van der Waals surface area contributed by atoms with Gasteiger partial charge in [-0.1, -0.05) is 66.2 Å². The number of fused-ring (bicyclic) bond motifs is 2. The maximum atomic E-state index is 14.2. The maximum Gasteiger partial charge on any atom is 0.269 e. The van der Waals surface area contributed by atoms with Gasteiger partial charge in [-0.2, -0.15) is 0 Å². The number of nitrogens with zero attached hydrogens (tertiary/aromatic N) is 4. The fourth-order valence-corrected chi connectivity index (χ4v) is 6.88. The number of para-hydroxylation sites is 1. The summed E-state index contributed by atoms with van der Waals surface area (Å²) in [6.45, 7) is 7.25. The molecule has 0 saturated carbocycles. The molecule has 3 aliphatic rings. The van der Waals surface area contributed by atoms with Crippen molar-refractivity contribution in [3.63, 3.8) is 0 Å². The Morgan fingerprint density at radius 1 is 0.806 bits per heavy atom. The largest absolute Gasteiger partial charge is 0.297 e. The number of aryl methyl sites for hydroxylation is 1. The van der Waals surface area contributed by atoms with Crippen molar-refractivity contribution in [2.24, 2.45) is 0 Å². The van der Waals surface area contributed by atoms with E-state index < -0.39 is 4.87 Å². The van der Waals surface area contributed by atoms with Crippen LogP contribution in [0, 0.1) is 6.92 Å². The molecule has 0 N–H and O–H groups in total. The topological polar surface area (TPSA) is 47.1 Å². The molecule has 2 fully saturated rings. The summed E-state index contributed by atoms with van der Waals surface area (Å²) in [5.74, 6) is 0.246. The summed E-state index contributed by atoms with van der Waals surface area (Å²) < 4.78 is 0. The molecule has 2 saturated heterocycles. The molecule has 3 heterocycles. The smallest absolute Gasteiger partial charge is 0.269 e.